The second-order valence-corrected chi connectivity index (χ2v) is 10.0. The Hall–Kier alpha value is -2.41. The van der Waals surface area contributed by atoms with E-state index in [1.807, 2.05) is 0 Å². The quantitative estimate of drug-likeness (QED) is 0.656. The van der Waals surface area contributed by atoms with Gasteiger partial charge in [0.15, 0.2) is 0 Å². The predicted molar refractivity (Wildman–Crippen MR) is 103 cm³/mol. The number of benzene rings is 1. The van der Waals surface area contributed by atoms with Gasteiger partial charge in [-0.05, 0) is 31.3 Å². The van der Waals surface area contributed by atoms with E-state index in [1.165, 1.54) is 70.3 Å². The summed E-state index contributed by atoms with van der Waals surface area (Å²) >= 11 is 0. The number of nitrogens with one attached hydrogen (secondary N) is 2. The summed E-state index contributed by atoms with van der Waals surface area (Å²) in [5.41, 5.74) is 0.200. The molecule has 0 aliphatic rings. The molecule has 0 saturated heterocycles. The van der Waals surface area contributed by atoms with Gasteiger partial charge in [-0.3, -0.25) is 4.79 Å². The minimum atomic E-state index is -3.72. The maximum absolute atomic E-state index is 12.7. The summed E-state index contributed by atoms with van der Waals surface area (Å²) < 4.78 is 58.3. The minimum Gasteiger partial charge on any atom is -0.495 e. The zero-order chi connectivity index (χ0) is 21.3. The zero-order valence-corrected chi connectivity index (χ0v) is 17.7. The fraction of sp³-hybridized carbons (Fsp3) is 0.312. The molecular weight excluding hydrogens is 408 g/mol. The summed E-state index contributed by atoms with van der Waals surface area (Å²) in [6.07, 6.45) is 1.30. The molecule has 1 aromatic heterocycles. The summed E-state index contributed by atoms with van der Waals surface area (Å²) in [4.78, 5) is 12.6. The first-order valence-electron chi connectivity index (χ1n) is 7.96. The Morgan fingerprint density at radius 1 is 1.11 bits per heavy atom. The monoisotopic (exact) mass is 430 g/mol. The fourth-order valence-electron chi connectivity index (χ4n) is 2.37. The van der Waals surface area contributed by atoms with Crippen molar-refractivity contribution in [3.05, 3.63) is 36.2 Å². The van der Waals surface area contributed by atoms with Crippen molar-refractivity contribution in [3.8, 4) is 5.75 Å². The van der Waals surface area contributed by atoms with E-state index < -0.39 is 26.0 Å². The van der Waals surface area contributed by atoms with Gasteiger partial charge in [-0.1, -0.05) is 0 Å². The van der Waals surface area contributed by atoms with Crippen molar-refractivity contribution in [2.24, 2.45) is 7.05 Å². The number of amides is 1. The van der Waals surface area contributed by atoms with Crippen LogP contribution in [0.5, 0.6) is 5.75 Å². The van der Waals surface area contributed by atoms with E-state index in [0.29, 0.717) is 0 Å². The van der Waals surface area contributed by atoms with Gasteiger partial charge in [-0.15, -0.1) is 0 Å². The van der Waals surface area contributed by atoms with E-state index in [4.69, 9.17) is 4.74 Å². The Morgan fingerprint density at radius 3 is 2.29 bits per heavy atom. The summed E-state index contributed by atoms with van der Waals surface area (Å²) in [6, 6.07) is 5.28. The van der Waals surface area contributed by atoms with Crippen LogP contribution in [-0.2, 0) is 27.1 Å². The van der Waals surface area contributed by atoms with Crippen LogP contribution in [0, 0.1) is 0 Å². The van der Waals surface area contributed by atoms with Crippen LogP contribution in [-0.4, -0.2) is 59.9 Å². The summed E-state index contributed by atoms with van der Waals surface area (Å²) in [5.74, 6) is -0.374. The maximum atomic E-state index is 12.7. The third-order valence-electron chi connectivity index (χ3n) is 3.99. The lowest BCUT2D eigenvalue weighted by molar-refractivity contribution is 0.101. The van der Waals surface area contributed by atoms with Gasteiger partial charge in [0.2, 0.25) is 20.0 Å². The number of hydrogen-bond donors (Lipinski definition) is 2. The number of methoxy groups -OCH3 is 1. The zero-order valence-electron chi connectivity index (χ0n) is 16.0. The largest absolute Gasteiger partial charge is 0.495 e. The van der Waals surface area contributed by atoms with Crippen LogP contribution in [0.15, 0.2) is 40.3 Å². The normalized spacial score (nSPS) is 12.2. The summed E-state index contributed by atoms with van der Waals surface area (Å²) in [6.45, 7) is 0. The average Bonchev–Trinajstić information content (AvgIpc) is 3.04. The van der Waals surface area contributed by atoms with Gasteiger partial charge in [0.1, 0.15) is 16.3 Å². The first-order valence-corrected chi connectivity index (χ1v) is 10.9. The molecule has 2 rings (SSSR count). The molecular formula is C16H22N4O6S2. The SMILES string of the molecule is CNS(=O)(=O)c1cc(C(=O)Nc2cc(S(=O)(=O)N(C)C)ccc2OC)n(C)c1. The number of aromatic nitrogens is 1. The topological polar surface area (TPSA) is 127 Å². The highest BCUT2D eigenvalue weighted by molar-refractivity contribution is 7.89. The average molecular weight is 431 g/mol. The molecule has 12 heteroatoms. The highest BCUT2D eigenvalue weighted by Crippen LogP contribution is 2.29. The molecule has 0 unspecified atom stereocenters. The number of rotatable bonds is 7. The lowest BCUT2D eigenvalue weighted by Gasteiger charge is -2.15. The van der Waals surface area contributed by atoms with E-state index in [1.54, 1.807) is 0 Å². The smallest absolute Gasteiger partial charge is 0.272 e. The van der Waals surface area contributed by atoms with Gasteiger partial charge >= 0.3 is 0 Å². The second kappa shape index (κ2) is 7.91. The molecule has 2 N–H and O–H groups in total. The standard InChI is InChI=1S/C16H22N4O6S2/c1-17-27(22,23)12-9-14(20(4)10-12)16(21)18-13-8-11(6-7-15(13)26-5)28(24,25)19(2)3/h6-10,17H,1-5H3,(H,18,21). The van der Waals surface area contributed by atoms with Gasteiger partial charge in [0.05, 0.1) is 17.7 Å². The van der Waals surface area contributed by atoms with Crippen molar-refractivity contribution in [2.75, 3.05) is 33.6 Å². The molecule has 0 bridgehead atoms. The van der Waals surface area contributed by atoms with Crippen LogP contribution in [0.2, 0.25) is 0 Å². The van der Waals surface area contributed by atoms with Crippen LogP contribution < -0.4 is 14.8 Å². The van der Waals surface area contributed by atoms with E-state index in [2.05, 4.69) is 10.0 Å². The number of carbonyl (C=O) groups excluding carboxylic acids is 1. The molecule has 154 valence electrons. The Bertz CT molecular complexity index is 1100. The Balaban J connectivity index is 2.44. The Kier molecular flexibility index (Phi) is 6.18. The second-order valence-electron chi connectivity index (χ2n) is 5.98. The van der Waals surface area contributed by atoms with E-state index in [-0.39, 0.29) is 26.9 Å². The third kappa shape index (κ3) is 4.19. The van der Waals surface area contributed by atoms with Crippen LogP contribution in [0.3, 0.4) is 0 Å². The maximum Gasteiger partial charge on any atom is 0.272 e. The van der Waals surface area contributed by atoms with Gasteiger partial charge in [0, 0.05) is 27.3 Å². The van der Waals surface area contributed by atoms with Crippen molar-refractivity contribution >= 4 is 31.6 Å². The van der Waals surface area contributed by atoms with Crippen LogP contribution in [0.4, 0.5) is 5.69 Å². The van der Waals surface area contributed by atoms with Crippen LogP contribution >= 0.6 is 0 Å². The molecule has 1 heterocycles. The van der Waals surface area contributed by atoms with Crippen molar-refractivity contribution < 1.29 is 26.4 Å². The van der Waals surface area contributed by atoms with E-state index in [0.717, 1.165) is 4.31 Å². The molecule has 1 amide bonds. The number of anilines is 1. The highest BCUT2D eigenvalue weighted by Gasteiger charge is 2.22. The molecule has 10 nitrogen and oxygen atoms in total. The number of sulfonamides is 2. The highest BCUT2D eigenvalue weighted by atomic mass is 32.2. The molecule has 0 aliphatic carbocycles. The molecule has 0 fully saturated rings. The van der Waals surface area contributed by atoms with E-state index in [9.17, 15) is 21.6 Å². The number of nitrogens with zero attached hydrogens (tertiary/aromatic N) is 2. The van der Waals surface area contributed by atoms with Gasteiger partial charge < -0.3 is 14.6 Å². The Labute approximate surface area is 164 Å². The molecule has 1 aromatic carbocycles. The van der Waals surface area contributed by atoms with Gasteiger partial charge in [-0.2, -0.15) is 0 Å². The third-order valence-corrected chi connectivity index (χ3v) is 7.18. The lowest BCUT2D eigenvalue weighted by Crippen LogP contribution is -2.22. The molecule has 0 radical (unpaired) electrons. The lowest BCUT2D eigenvalue weighted by atomic mass is 10.2. The first-order chi connectivity index (χ1) is 12.9. The summed E-state index contributed by atoms with van der Waals surface area (Å²) in [7, 11) is -0.475. The molecule has 28 heavy (non-hydrogen) atoms. The van der Waals surface area contributed by atoms with Crippen molar-refractivity contribution in [1.29, 1.82) is 0 Å². The number of carbonyl (C=O) groups is 1. The van der Waals surface area contributed by atoms with Gasteiger partial charge in [-0.25, -0.2) is 25.9 Å². The molecule has 0 spiro atoms. The Morgan fingerprint density at radius 2 is 1.75 bits per heavy atom. The minimum absolute atomic E-state index is 0.0288. The van der Waals surface area contributed by atoms with Crippen molar-refractivity contribution in [1.82, 2.24) is 13.6 Å². The van der Waals surface area contributed by atoms with Crippen molar-refractivity contribution in [2.45, 2.75) is 9.79 Å². The van der Waals surface area contributed by atoms with Crippen LogP contribution in [0.25, 0.3) is 0 Å². The first kappa shape index (κ1) is 21.9. The van der Waals surface area contributed by atoms with Crippen molar-refractivity contribution in [3.63, 3.8) is 0 Å². The summed E-state index contributed by atoms with van der Waals surface area (Å²) in [5, 5.41) is 2.57. The number of aryl methyl sites for hydroxylation is 1. The predicted octanol–water partition coefficient (Wildman–Crippen LogP) is 0.444. The number of hydrogen-bond acceptors (Lipinski definition) is 6. The van der Waals surface area contributed by atoms with Crippen LogP contribution in [0.1, 0.15) is 10.5 Å². The molecule has 0 saturated carbocycles. The fourth-order valence-corrected chi connectivity index (χ4v) is 4.09. The van der Waals surface area contributed by atoms with E-state index >= 15 is 0 Å². The molecule has 2 aromatic rings. The number of ether oxygens (including phenoxy) is 1. The molecule has 0 aliphatic heterocycles. The molecule has 0 atom stereocenters. The van der Waals surface area contributed by atoms with Gasteiger partial charge in [0.25, 0.3) is 5.91 Å².